The topological polar surface area (TPSA) is 94.3 Å². The molecule has 0 atom stereocenters. The van der Waals surface area contributed by atoms with Crippen LogP contribution in [0.15, 0.2) is 53.3 Å². The predicted molar refractivity (Wildman–Crippen MR) is 141 cm³/mol. The van der Waals surface area contributed by atoms with Crippen molar-refractivity contribution >= 4 is 0 Å². The van der Waals surface area contributed by atoms with E-state index in [4.69, 9.17) is 0 Å². The maximum Gasteiger partial charge on any atom is 0.347 e. The maximum atomic E-state index is 13.2. The van der Waals surface area contributed by atoms with Gasteiger partial charge >= 0.3 is 5.69 Å². The highest BCUT2D eigenvalue weighted by atomic mass is 16.2. The first-order valence-corrected chi connectivity index (χ1v) is 12.8. The van der Waals surface area contributed by atoms with Crippen molar-refractivity contribution in [1.82, 2.24) is 35.0 Å². The Balaban J connectivity index is 1.52. The van der Waals surface area contributed by atoms with E-state index in [1.165, 1.54) is 25.7 Å². The third-order valence-electron chi connectivity index (χ3n) is 6.16. The highest BCUT2D eigenvalue weighted by Crippen LogP contribution is 2.29. The van der Waals surface area contributed by atoms with Crippen molar-refractivity contribution in [2.45, 2.75) is 71.9 Å². The van der Waals surface area contributed by atoms with Crippen LogP contribution < -0.4 is 5.69 Å². The van der Waals surface area contributed by atoms with Gasteiger partial charge in [0.1, 0.15) is 0 Å². The van der Waals surface area contributed by atoms with Crippen LogP contribution in [0.25, 0.3) is 22.5 Å². The van der Waals surface area contributed by atoms with Crippen LogP contribution >= 0.6 is 0 Å². The Kier molecular flexibility index (Phi) is 8.82. The molecule has 0 radical (unpaired) electrons. The van der Waals surface area contributed by atoms with Crippen molar-refractivity contribution in [3.05, 3.63) is 70.4 Å². The number of aryl methyl sites for hydroxylation is 1. The molecular weight excluding hydrogens is 450 g/mol. The molecule has 2 aromatic carbocycles. The van der Waals surface area contributed by atoms with E-state index in [9.17, 15) is 4.79 Å². The quantitative estimate of drug-likeness (QED) is 0.238. The van der Waals surface area contributed by atoms with Crippen molar-refractivity contribution in [3.8, 4) is 34.4 Å². The summed E-state index contributed by atoms with van der Waals surface area (Å²) in [5.41, 5.74) is 3.91. The molecule has 4 aromatic rings. The first-order valence-electron chi connectivity index (χ1n) is 12.8. The van der Waals surface area contributed by atoms with Gasteiger partial charge in [-0.05, 0) is 39.5 Å². The van der Waals surface area contributed by atoms with Crippen molar-refractivity contribution in [3.63, 3.8) is 0 Å². The fourth-order valence-corrected chi connectivity index (χ4v) is 4.22. The average molecular weight is 484 g/mol. The van der Waals surface area contributed by atoms with E-state index < -0.39 is 0 Å². The summed E-state index contributed by atoms with van der Waals surface area (Å²) in [4.78, 5) is 13.2. The summed E-state index contributed by atoms with van der Waals surface area (Å²) < 4.78 is 3.26. The van der Waals surface area contributed by atoms with Gasteiger partial charge in [0.25, 0.3) is 0 Å². The van der Waals surface area contributed by atoms with E-state index in [0.717, 1.165) is 35.1 Å². The summed E-state index contributed by atoms with van der Waals surface area (Å²) in [5, 5.41) is 18.8. The SMILES string of the molecule is CCC#Cc1nn(CCCCCCCC)c(=O)n1Cc1ccc(-c2ccccc2-c2nnn[nH]2)cc1. The molecule has 0 fully saturated rings. The number of unbranched alkanes of at least 4 members (excludes halogenated alkanes) is 5. The molecule has 1 N–H and O–H groups in total. The van der Waals surface area contributed by atoms with Crippen molar-refractivity contribution in [2.75, 3.05) is 0 Å². The van der Waals surface area contributed by atoms with Crippen LogP contribution in [0.1, 0.15) is 70.2 Å². The standard InChI is InChI=1S/C28H33N7O/c1-3-5-7-8-9-12-20-35-28(36)34(26(31-35)15-6-4-2)21-22-16-18-23(19-17-22)24-13-10-11-14-25(24)27-29-32-33-30-27/h10-11,13-14,16-19H,3-5,7-9,12,20-21H2,1-2H3,(H,29,30,32,33). The number of tetrazole rings is 1. The predicted octanol–water partition coefficient (Wildman–Crippen LogP) is 5.06. The van der Waals surface area contributed by atoms with Crippen LogP contribution in [0.4, 0.5) is 0 Å². The van der Waals surface area contributed by atoms with E-state index >= 15 is 0 Å². The highest BCUT2D eigenvalue weighted by molar-refractivity contribution is 5.80. The van der Waals surface area contributed by atoms with E-state index in [-0.39, 0.29) is 5.69 Å². The smallest absolute Gasteiger partial charge is 0.264 e. The summed E-state index contributed by atoms with van der Waals surface area (Å²) >= 11 is 0. The van der Waals surface area contributed by atoms with E-state index in [1.54, 1.807) is 9.25 Å². The molecule has 2 heterocycles. The van der Waals surface area contributed by atoms with Gasteiger partial charge in [0.05, 0.1) is 6.54 Å². The van der Waals surface area contributed by atoms with Crippen LogP contribution in [0.2, 0.25) is 0 Å². The zero-order valence-electron chi connectivity index (χ0n) is 21.1. The van der Waals surface area contributed by atoms with Crippen LogP contribution in [0.3, 0.4) is 0 Å². The number of rotatable bonds is 11. The Morgan fingerprint density at radius 1 is 0.917 bits per heavy atom. The normalized spacial score (nSPS) is 10.8. The van der Waals surface area contributed by atoms with E-state index in [0.29, 0.717) is 31.2 Å². The van der Waals surface area contributed by atoms with Crippen molar-refractivity contribution in [2.24, 2.45) is 0 Å². The summed E-state index contributed by atoms with van der Waals surface area (Å²) in [6, 6.07) is 16.2. The van der Waals surface area contributed by atoms with Gasteiger partial charge in [-0.25, -0.2) is 14.6 Å². The Hall–Kier alpha value is -3.99. The summed E-state index contributed by atoms with van der Waals surface area (Å²) in [6.07, 6.45) is 7.74. The van der Waals surface area contributed by atoms with Crippen LogP contribution in [0.5, 0.6) is 0 Å². The van der Waals surface area contributed by atoms with Crippen LogP contribution in [-0.4, -0.2) is 35.0 Å². The lowest BCUT2D eigenvalue weighted by Crippen LogP contribution is -2.26. The molecule has 186 valence electrons. The van der Waals surface area contributed by atoms with Gasteiger partial charge in [-0.15, -0.1) is 10.2 Å². The van der Waals surface area contributed by atoms with Gasteiger partial charge in [0, 0.05) is 18.5 Å². The summed E-state index contributed by atoms with van der Waals surface area (Å²) in [7, 11) is 0. The van der Waals surface area contributed by atoms with Crippen molar-refractivity contribution in [1.29, 1.82) is 0 Å². The number of hydrogen-bond donors (Lipinski definition) is 1. The number of nitrogens with one attached hydrogen (secondary N) is 1. The Morgan fingerprint density at radius 3 is 2.39 bits per heavy atom. The van der Waals surface area contributed by atoms with Gasteiger partial charge in [-0.1, -0.05) is 100 Å². The minimum absolute atomic E-state index is 0.101. The van der Waals surface area contributed by atoms with Crippen molar-refractivity contribution < 1.29 is 0 Å². The lowest BCUT2D eigenvalue weighted by Gasteiger charge is -2.09. The van der Waals surface area contributed by atoms with Gasteiger partial charge in [-0.2, -0.15) is 0 Å². The van der Waals surface area contributed by atoms with E-state index in [2.05, 4.69) is 56.6 Å². The molecule has 36 heavy (non-hydrogen) atoms. The molecule has 8 heteroatoms. The second-order valence-corrected chi connectivity index (χ2v) is 8.83. The van der Waals surface area contributed by atoms with Gasteiger partial charge in [0.15, 0.2) is 5.82 Å². The number of benzene rings is 2. The fourth-order valence-electron chi connectivity index (χ4n) is 4.22. The van der Waals surface area contributed by atoms with Crippen LogP contribution in [0, 0.1) is 11.8 Å². The molecule has 0 aliphatic heterocycles. The number of hydrogen-bond acceptors (Lipinski definition) is 5. The zero-order chi connectivity index (χ0) is 25.2. The number of aromatic amines is 1. The Labute approximate surface area is 211 Å². The number of H-pyrrole nitrogens is 1. The lowest BCUT2D eigenvalue weighted by atomic mass is 9.98. The Bertz CT molecular complexity index is 1360. The molecule has 0 amide bonds. The van der Waals surface area contributed by atoms with Gasteiger partial charge < -0.3 is 0 Å². The summed E-state index contributed by atoms with van der Waals surface area (Å²) in [6.45, 7) is 5.27. The highest BCUT2D eigenvalue weighted by Gasteiger charge is 2.13. The minimum Gasteiger partial charge on any atom is -0.264 e. The van der Waals surface area contributed by atoms with Gasteiger partial charge in [0.2, 0.25) is 5.82 Å². The molecule has 4 rings (SSSR count). The zero-order valence-corrected chi connectivity index (χ0v) is 21.1. The van der Waals surface area contributed by atoms with Crippen LogP contribution in [-0.2, 0) is 13.1 Å². The summed E-state index contributed by atoms with van der Waals surface area (Å²) in [5.74, 6) is 7.30. The van der Waals surface area contributed by atoms with Gasteiger partial charge in [-0.3, -0.25) is 4.57 Å². The molecule has 0 spiro atoms. The molecule has 0 saturated heterocycles. The third-order valence-corrected chi connectivity index (χ3v) is 6.16. The van der Waals surface area contributed by atoms with E-state index in [1.807, 2.05) is 43.3 Å². The molecular formula is C28H33N7O. The largest absolute Gasteiger partial charge is 0.347 e. The lowest BCUT2D eigenvalue weighted by molar-refractivity contribution is 0.511. The monoisotopic (exact) mass is 483 g/mol. The second-order valence-electron chi connectivity index (χ2n) is 8.83. The number of nitrogens with zero attached hydrogens (tertiary/aromatic N) is 6. The molecule has 0 unspecified atom stereocenters. The fraction of sp³-hybridized carbons (Fsp3) is 0.393. The first kappa shape index (κ1) is 25.1. The molecule has 2 aromatic heterocycles. The first-order chi connectivity index (χ1) is 17.7. The number of aromatic nitrogens is 7. The average Bonchev–Trinajstić information content (AvgIpc) is 3.55. The Morgan fingerprint density at radius 2 is 1.67 bits per heavy atom. The maximum absolute atomic E-state index is 13.2. The second kappa shape index (κ2) is 12.6. The molecule has 0 aliphatic rings. The minimum atomic E-state index is -0.101. The third kappa shape index (κ3) is 6.16. The molecule has 0 bridgehead atoms. The molecule has 0 saturated carbocycles. The molecule has 0 aliphatic carbocycles. The molecule has 8 nitrogen and oxygen atoms in total.